The largest absolute Gasteiger partial charge is 0.399 e. The van der Waals surface area contributed by atoms with Crippen LogP contribution in [-0.2, 0) is 0 Å². The number of nitrogens with two attached hydrogens (primary N) is 1. The highest BCUT2D eigenvalue weighted by molar-refractivity contribution is 5.96. The topological polar surface area (TPSA) is 55.1 Å². The van der Waals surface area contributed by atoms with Gasteiger partial charge in [-0.25, -0.2) is 0 Å². The highest BCUT2D eigenvalue weighted by Gasteiger charge is 2.15. The fraction of sp³-hybridized carbons (Fsp3) is 0.308. The van der Waals surface area contributed by atoms with E-state index in [0.717, 1.165) is 18.4 Å². The zero-order valence-electron chi connectivity index (χ0n) is 9.36. The highest BCUT2D eigenvalue weighted by atomic mass is 16.1. The molecule has 3 N–H and O–H groups in total. The monoisotopic (exact) mass is 216 g/mol. The Kier molecular flexibility index (Phi) is 2.95. The average molecular weight is 216 g/mol. The molecule has 3 heteroatoms. The smallest absolute Gasteiger partial charge is 0.251 e. The lowest BCUT2D eigenvalue weighted by atomic mass is 10.1. The van der Waals surface area contributed by atoms with Crippen LogP contribution in [0, 0.1) is 6.92 Å². The minimum atomic E-state index is -0.00815. The van der Waals surface area contributed by atoms with Gasteiger partial charge in [-0.1, -0.05) is 12.2 Å². The number of hydrogen-bond acceptors (Lipinski definition) is 2. The van der Waals surface area contributed by atoms with Gasteiger partial charge >= 0.3 is 0 Å². The van der Waals surface area contributed by atoms with Gasteiger partial charge in [0.2, 0.25) is 0 Å². The maximum Gasteiger partial charge on any atom is 0.251 e. The quantitative estimate of drug-likeness (QED) is 0.587. The zero-order valence-corrected chi connectivity index (χ0v) is 9.36. The van der Waals surface area contributed by atoms with E-state index in [1.54, 1.807) is 12.1 Å². The molecule has 0 heterocycles. The molecule has 16 heavy (non-hydrogen) atoms. The molecule has 1 aromatic carbocycles. The number of amides is 1. The normalized spacial score (nSPS) is 15.3. The van der Waals surface area contributed by atoms with E-state index in [9.17, 15) is 4.79 Å². The second-order valence-corrected chi connectivity index (χ2v) is 4.19. The van der Waals surface area contributed by atoms with Crippen LogP contribution in [-0.4, -0.2) is 11.9 Å². The van der Waals surface area contributed by atoms with Gasteiger partial charge in [-0.15, -0.1) is 0 Å². The van der Waals surface area contributed by atoms with E-state index in [2.05, 4.69) is 17.5 Å². The second-order valence-electron chi connectivity index (χ2n) is 4.19. The number of nitrogen functional groups attached to an aromatic ring is 1. The van der Waals surface area contributed by atoms with Crippen LogP contribution in [0.2, 0.25) is 0 Å². The molecule has 3 nitrogen and oxygen atoms in total. The Morgan fingerprint density at radius 3 is 2.69 bits per heavy atom. The lowest BCUT2D eigenvalue weighted by Gasteiger charge is -2.13. The summed E-state index contributed by atoms with van der Waals surface area (Å²) in [5.74, 6) is -0.00815. The number of aryl methyl sites for hydroxylation is 1. The summed E-state index contributed by atoms with van der Waals surface area (Å²) in [6, 6.07) is 5.61. The Morgan fingerprint density at radius 1 is 1.38 bits per heavy atom. The van der Waals surface area contributed by atoms with E-state index in [1.165, 1.54) is 0 Å². The standard InChI is InChI=1S/C13H16N2O/c1-9-8-10(14)6-7-12(9)13(16)15-11-4-2-3-5-11/h2-3,6-8,11H,4-5,14H2,1H3,(H,15,16). The summed E-state index contributed by atoms with van der Waals surface area (Å²) < 4.78 is 0. The molecule has 0 radical (unpaired) electrons. The molecular formula is C13H16N2O. The molecule has 0 bridgehead atoms. The lowest BCUT2D eigenvalue weighted by Crippen LogP contribution is -2.33. The Bertz CT molecular complexity index is 430. The third-order valence-electron chi connectivity index (χ3n) is 2.84. The van der Waals surface area contributed by atoms with Gasteiger partial charge in [-0.2, -0.15) is 0 Å². The van der Waals surface area contributed by atoms with Crippen molar-refractivity contribution in [2.45, 2.75) is 25.8 Å². The fourth-order valence-electron chi connectivity index (χ4n) is 1.94. The van der Waals surface area contributed by atoms with Crippen LogP contribution in [0.4, 0.5) is 5.69 Å². The molecule has 0 saturated carbocycles. The summed E-state index contributed by atoms with van der Waals surface area (Å²) in [5, 5.41) is 3.01. The molecule has 2 rings (SSSR count). The van der Waals surface area contributed by atoms with Crippen molar-refractivity contribution >= 4 is 11.6 Å². The molecule has 1 aliphatic carbocycles. The molecule has 84 valence electrons. The molecule has 0 aromatic heterocycles. The SMILES string of the molecule is Cc1cc(N)ccc1C(=O)NC1CC=CC1. The molecule has 0 unspecified atom stereocenters. The number of carbonyl (C=O) groups excluding carboxylic acids is 1. The van der Waals surface area contributed by atoms with Crippen LogP contribution in [0.25, 0.3) is 0 Å². The Labute approximate surface area is 95.3 Å². The average Bonchev–Trinajstić information content (AvgIpc) is 2.70. The van der Waals surface area contributed by atoms with Gasteiger partial charge in [0.1, 0.15) is 0 Å². The first-order valence-corrected chi connectivity index (χ1v) is 5.49. The van der Waals surface area contributed by atoms with Crippen LogP contribution in [0.15, 0.2) is 30.4 Å². The molecule has 0 spiro atoms. The van der Waals surface area contributed by atoms with Crippen LogP contribution in [0.1, 0.15) is 28.8 Å². The van der Waals surface area contributed by atoms with Crippen molar-refractivity contribution < 1.29 is 4.79 Å². The first-order valence-electron chi connectivity index (χ1n) is 5.49. The van der Waals surface area contributed by atoms with Crippen molar-refractivity contribution in [2.75, 3.05) is 5.73 Å². The van der Waals surface area contributed by atoms with Crippen molar-refractivity contribution in [3.63, 3.8) is 0 Å². The Balaban J connectivity index is 2.08. The van der Waals surface area contributed by atoms with Crippen molar-refractivity contribution in [3.05, 3.63) is 41.5 Å². The predicted molar refractivity (Wildman–Crippen MR) is 65.2 cm³/mol. The summed E-state index contributed by atoms with van der Waals surface area (Å²) in [6.45, 7) is 1.90. The third-order valence-corrected chi connectivity index (χ3v) is 2.84. The minimum Gasteiger partial charge on any atom is -0.399 e. The van der Waals surface area contributed by atoms with Gasteiger partial charge in [-0.05, 0) is 43.5 Å². The van der Waals surface area contributed by atoms with Crippen molar-refractivity contribution in [2.24, 2.45) is 0 Å². The number of benzene rings is 1. The molecule has 0 aliphatic heterocycles. The van der Waals surface area contributed by atoms with E-state index in [-0.39, 0.29) is 11.9 Å². The van der Waals surface area contributed by atoms with Gasteiger partial charge in [0.15, 0.2) is 0 Å². The number of hydrogen-bond donors (Lipinski definition) is 2. The molecule has 1 aromatic rings. The van der Waals surface area contributed by atoms with E-state index >= 15 is 0 Å². The van der Waals surface area contributed by atoms with Crippen LogP contribution < -0.4 is 11.1 Å². The van der Waals surface area contributed by atoms with Gasteiger partial charge in [0.25, 0.3) is 5.91 Å². The van der Waals surface area contributed by atoms with Gasteiger partial charge in [-0.3, -0.25) is 4.79 Å². The first-order chi connectivity index (χ1) is 7.66. The van der Waals surface area contributed by atoms with E-state index < -0.39 is 0 Å². The maximum absolute atomic E-state index is 12.0. The van der Waals surface area contributed by atoms with Crippen LogP contribution in [0.5, 0.6) is 0 Å². The zero-order chi connectivity index (χ0) is 11.5. The Morgan fingerprint density at radius 2 is 2.06 bits per heavy atom. The van der Waals surface area contributed by atoms with E-state index in [1.807, 2.05) is 13.0 Å². The Hall–Kier alpha value is -1.77. The number of anilines is 1. The van der Waals surface area contributed by atoms with Crippen molar-refractivity contribution in [1.82, 2.24) is 5.32 Å². The molecule has 0 atom stereocenters. The minimum absolute atomic E-state index is 0.00815. The van der Waals surface area contributed by atoms with Crippen molar-refractivity contribution in [1.29, 1.82) is 0 Å². The van der Waals surface area contributed by atoms with Gasteiger partial charge < -0.3 is 11.1 Å². The third kappa shape index (κ3) is 2.24. The van der Waals surface area contributed by atoms with Gasteiger partial charge in [0, 0.05) is 17.3 Å². The summed E-state index contributed by atoms with van der Waals surface area (Å²) in [5.41, 5.74) is 7.97. The molecule has 1 aliphatic rings. The highest BCUT2D eigenvalue weighted by Crippen LogP contribution is 2.14. The summed E-state index contributed by atoms with van der Waals surface area (Å²) >= 11 is 0. The lowest BCUT2D eigenvalue weighted by molar-refractivity contribution is 0.0938. The van der Waals surface area contributed by atoms with E-state index in [4.69, 9.17) is 5.73 Å². The molecule has 0 saturated heterocycles. The molecule has 0 fully saturated rings. The van der Waals surface area contributed by atoms with Gasteiger partial charge in [0.05, 0.1) is 0 Å². The number of nitrogens with one attached hydrogen (secondary N) is 1. The first kappa shape index (κ1) is 10.7. The summed E-state index contributed by atoms with van der Waals surface area (Å²) in [6.07, 6.45) is 6.06. The summed E-state index contributed by atoms with van der Waals surface area (Å²) in [7, 11) is 0. The predicted octanol–water partition coefficient (Wildman–Crippen LogP) is 2.03. The second kappa shape index (κ2) is 4.39. The molecular weight excluding hydrogens is 200 g/mol. The number of rotatable bonds is 2. The maximum atomic E-state index is 12.0. The van der Waals surface area contributed by atoms with Crippen LogP contribution in [0.3, 0.4) is 0 Å². The number of carbonyl (C=O) groups is 1. The fourth-order valence-corrected chi connectivity index (χ4v) is 1.94. The van der Waals surface area contributed by atoms with Crippen LogP contribution >= 0.6 is 0 Å². The van der Waals surface area contributed by atoms with Crippen molar-refractivity contribution in [3.8, 4) is 0 Å². The van der Waals surface area contributed by atoms with E-state index in [0.29, 0.717) is 11.3 Å². The summed E-state index contributed by atoms with van der Waals surface area (Å²) in [4.78, 5) is 12.0. The molecule has 1 amide bonds.